The normalized spacial score (nSPS) is 26.5. The van der Waals surface area contributed by atoms with Crippen molar-refractivity contribution in [3.8, 4) is 5.75 Å². The van der Waals surface area contributed by atoms with E-state index in [1.807, 2.05) is 12.1 Å². The largest absolute Gasteiger partial charge is 0.497 e. The molecular weight excluding hydrogens is 405 g/mol. The minimum absolute atomic E-state index is 0. The molecule has 1 aliphatic carbocycles. The Balaban J connectivity index is 0.00000192. The van der Waals surface area contributed by atoms with Gasteiger partial charge in [-0.1, -0.05) is 12.1 Å². The number of rotatable bonds is 5. The summed E-state index contributed by atoms with van der Waals surface area (Å²) in [4.78, 5) is 4.43. The molecule has 6 heteroatoms. The average Bonchev–Trinajstić information content (AvgIpc) is 2.53. The maximum atomic E-state index is 5.99. The highest BCUT2D eigenvalue weighted by Crippen LogP contribution is 2.37. The second kappa shape index (κ2) is 8.73. The van der Waals surface area contributed by atoms with Crippen LogP contribution in [-0.4, -0.2) is 38.4 Å². The summed E-state index contributed by atoms with van der Waals surface area (Å²) < 4.78 is 10.9. The molecule has 1 saturated heterocycles. The van der Waals surface area contributed by atoms with Crippen LogP contribution >= 0.6 is 24.0 Å². The van der Waals surface area contributed by atoms with Gasteiger partial charge in [0.1, 0.15) is 5.75 Å². The van der Waals surface area contributed by atoms with Crippen molar-refractivity contribution in [3.05, 3.63) is 29.8 Å². The molecule has 1 saturated carbocycles. The average molecular weight is 431 g/mol. The van der Waals surface area contributed by atoms with Gasteiger partial charge < -0.3 is 20.5 Å². The molecule has 0 amide bonds. The number of hydrogen-bond acceptors (Lipinski definition) is 3. The van der Waals surface area contributed by atoms with Crippen LogP contribution in [0.1, 0.15) is 24.8 Å². The van der Waals surface area contributed by atoms with Crippen molar-refractivity contribution in [3.63, 3.8) is 0 Å². The Hall–Kier alpha value is -1.02. The monoisotopic (exact) mass is 431 g/mol. The van der Waals surface area contributed by atoms with Crippen LogP contribution in [0.3, 0.4) is 0 Å². The van der Waals surface area contributed by atoms with Crippen molar-refractivity contribution in [2.45, 2.75) is 37.8 Å². The van der Waals surface area contributed by atoms with Crippen molar-refractivity contribution in [1.29, 1.82) is 0 Å². The van der Waals surface area contributed by atoms with Gasteiger partial charge in [0.05, 0.1) is 13.2 Å². The third-order valence-corrected chi connectivity index (χ3v) is 4.67. The minimum Gasteiger partial charge on any atom is -0.497 e. The molecule has 2 aliphatic rings. The second-order valence-corrected chi connectivity index (χ2v) is 6.07. The summed E-state index contributed by atoms with van der Waals surface area (Å²) in [6.45, 7) is 1.61. The Morgan fingerprint density at radius 1 is 1.39 bits per heavy atom. The molecule has 0 aromatic heterocycles. The maximum Gasteiger partial charge on any atom is 0.188 e. The minimum atomic E-state index is 0. The van der Waals surface area contributed by atoms with Gasteiger partial charge in [0.25, 0.3) is 0 Å². The lowest BCUT2D eigenvalue weighted by molar-refractivity contribution is -0.0989. The molecule has 1 aliphatic heterocycles. The number of guanidine groups is 1. The van der Waals surface area contributed by atoms with Gasteiger partial charge in [-0.05, 0) is 43.4 Å². The summed E-state index contributed by atoms with van der Waals surface area (Å²) in [5.41, 5.74) is 7.23. The Bertz CT molecular complexity index is 521. The first-order valence-corrected chi connectivity index (χ1v) is 8.07. The van der Waals surface area contributed by atoms with Crippen molar-refractivity contribution in [1.82, 2.24) is 5.32 Å². The van der Waals surface area contributed by atoms with E-state index in [-0.39, 0.29) is 24.0 Å². The van der Waals surface area contributed by atoms with E-state index in [9.17, 15) is 0 Å². The Labute approximate surface area is 155 Å². The highest BCUT2D eigenvalue weighted by Gasteiger charge is 2.43. The number of methoxy groups -OCH3 is 1. The topological polar surface area (TPSA) is 68.9 Å². The molecule has 1 aromatic carbocycles. The fraction of sp³-hybridized carbons (Fsp3) is 0.588. The fourth-order valence-electron chi connectivity index (χ4n) is 3.29. The van der Waals surface area contributed by atoms with Crippen LogP contribution in [-0.2, 0) is 11.2 Å². The smallest absolute Gasteiger partial charge is 0.188 e. The summed E-state index contributed by atoms with van der Waals surface area (Å²) in [5.74, 6) is 2.05. The van der Waals surface area contributed by atoms with Crippen LogP contribution in [0.15, 0.2) is 29.3 Å². The van der Waals surface area contributed by atoms with Gasteiger partial charge in [-0.15, -0.1) is 24.0 Å². The number of benzene rings is 1. The fourth-order valence-corrected chi connectivity index (χ4v) is 3.29. The molecule has 1 heterocycles. The molecule has 1 aromatic rings. The van der Waals surface area contributed by atoms with Crippen LogP contribution in [0, 0.1) is 5.92 Å². The molecule has 2 fully saturated rings. The number of nitrogens with two attached hydrogens (primary N) is 1. The molecule has 3 N–H and O–H groups in total. The van der Waals surface area contributed by atoms with Crippen LogP contribution < -0.4 is 15.8 Å². The number of nitrogens with zero attached hydrogens (tertiary/aromatic N) is 1. The molecule has 23 heavy (non-hydrogen) atoms. The summed E-state index contributed by atoms with van der Waals surface area (Å²) in [6, 6.07) is 8.51. The molecule has 5 nitrogen and oxygen atoms in total. The third-order valence-electron chi connectivity index (χ3n) is 4.67. The van der Waals surface area contributed by atoms with Gasteiger partial charge in [0.15, 0.2) is 5.96 Å². The summed E-state index contributed by atoms with van der Waals surface area (Å²) in [7, 11) is 1.67. The van der Waals surface area contributed by atoms with Gasteiger partial charge in [0.2, 0.25) is 0 Å². The second-order valence-electron chi connectivity index (χ2n) is 6.07. The van der Waals surface area contributed by atoms with Crippen LogP contribution in [0.4, 0.5) is 0 Å². The van der Waals surface area contributed by atoms with Gasteiger partial charge in [-0.3, -0.25) is 4.99 Å². The van der Waals surface area contributed by atoms with Crippen molar-refractivity contribution >= 4 is 29.9 Å². The molecule has 0 spiro atoms. The quantitative estimate of drug-likeness (QED) is 0.427. The predicted octanol–water partition coefficient (Wildman–Crippen LogP) is 2.33. The first kappa shape index (κ1) is 18.3. The van der Waals surface area contributed by atoms with Crippen LogP contribution in [0.5, 0.6) is 5.75 Å². The molecule has 128 valence electrons. The van der Waals surface area contributed by atoms with E-state index < -0.39 is 0 Å². The van der Waals surface area contributed by atoms with Crippen molar-refractivity contribution in [2.24, 2.45) is 16.6 Å². The lowest BCUT2D eigenvalue weighted by atomic mass is 9.72. The first-order valence-electron chi connectivity index (χ1n) is 8.07. The van der Waals surface area contributed by atoms with E-state index in [1.54, 1.807) is 7.11 Å². The zero-order chi connectivity index (χ0) is 15.4. The molecule has 3 unspecified atom stereocenters. The molecule has 3 atom stereocenters. The number of halogens is 1. The number of nitrogens with one attached hydrogen (secondary N) is 1. The number of ether oxygens (including phenoxy) is 2. The van der Waals surface area contributed by atoms with E-state index >= 15 is 0 Å². The standard InChI is InChI=1S/C17H25N3O2.HI/c1-21-13-6-4-12(5-7-13)8-9-19-17(18)20-15-11-16-14(15)3-2-10-22-16;/h4-7,14-16H,2-3,8-11H2,1H3,(H3,18,19,20);1H. The van der Waals surface area contributed by atoms with E-state index in [1.165, 1.54) is 12.0 Å². The van der Waals surface area contributed by atoms with Gasteiger partial charge in [0, 0.05) is 25.1 Å². The van der Waals surface area contributed by atoms with Crippen LogP contribution in [0.2, 0.25) is 0 Å². The molecule has 0 bridgehead atoms. The molecular formula is C17H26IN3O2. The molecule has 3 rings (SSSR count). The lowest BCUT2D eigenvalue weighted by Gasteiger charge is -2.47. The van der Waals surface area contributed by atoms with Crippen molar-refractivity contribution < 1.29 is 9.47 Å². The maximum absolute atomic E-state index is 5.99. The molecule has 0 radical (unpaired) electrons. The zero-order valence-electron chi connectivity index (χ0n) is 13.5. The number of aliphatic imine (C=N–C) groups is 1. The third kappa shape index (κ3) is 4.73. The number of fused-ring (bicyclic) bond motifs is 1. The zero-order valence-corrected chi connectivity index (χ0v) is 15.9. The summed E-state index contributed by atoms with van der Waals surface area (Å²) in [5, 5.41) is 3.35. The van der Waals surface area contributed by atoms with Crippen molar-refractivity contribution in [2.75, 3.05) is 20.3 Å². The Morgan fingerprint density at radius 3 is 2.87 bits per heavy atom. The van der Waals surface area contributed by atoms with Gasteiger partial charge in [-0.25, -0.2) is 0 Å². The van der Waals surface area contributed by atoms with Gasteiger partial charge >= 0.3 is 0 Å². The first-order chi connectivity index (χ1) is 10.8. The van der Waals surface area contributed by atoms with E-state index in [0.29, 0.717) is 30.6 Å². The highest BCUT2D eigenvalue weighted by atomic mass is 127. The highest BCUT2D eigenvalue weighted by molar-refractivity contribution is 14.0. The lowest BCUT2D eigenvalue weighted by Crippen LogP contribution is -2.59. The van der Waals surface area contributed by atoms with E-state index in [0.717, 1.165) is 31.6 Å². The Morgan fingerprint density at radius 2 is 2.17 bits per heavy atom. The van der Waals surface area contributed by atoms with Gasteiger partial charge in [-0.2, -0.15) is 0 Å². The summed E-state index contributed by atoms with van der Waals surface area (Å²) in [6.07, 6.45) is 4.78. The van der Waals surface area contributed by atoms with Crippen LogP contribution in [0.25, 0.3) is 0 Å². The van der Waals surface area contributed by atoms with E-state index in [4.69, 9.17) is 15.2 Å². The SMILES string of the molecule is COc1ccc(CCN=C(N)NC2CC3OCCCC23)cc1.I. The summed E-state index contributed by atoms with van der Waals surface area (Å²) >= 11 is 0. The Kier molecular flexibility index (Phi) is 6.95. The number of hydrogen-bond donors (Lipinski definition) is 2. The predicted molar refractivity (Wildman–Crippen MR) is 103 cm³/mol. The van der Waals surface area contributed by atoms with E-state index in [2.05, 4.69) is 22.4 Å².